The number of furan rings is 1. The Morgan fingerprint density at radius 1 is 1.23 bits per heavy atom. The van der Waals surface area contributed by atoms with Crippen molar-refractivity contribution in [2.45, 2.75) is 69.9 Å². The Kier molecular flexibility index (Phi) is 6.14. The van der Waals surface area contributed by atoms with Crippen LogP contribution < -0.4 is 0 Å². The van der Waals surface area contributed by atoms with Crippen LogP contribution in [0.15, 0.2) is 27.7 Å². The number of rotatable bonds is 9. The zero-order valence-electron chi connectivity index (χ0n) is 19.0. The van der Waals surface area contributed by atoms with Gasteiger partial charge >= 0.3 is 0 Å². The van der Waals surface area contributed by atoms with Crippen molar-refractivity contribution in [3.8, 4) is 0 Å². The molecule has 1 unspecified atom stereocenters. The SMILES string of the molecule is Cc1oc(S(=O)(=O)CC(=O)Cc2c(C(C)C3CC3)ccc3c2CCC3)cc1CN(C)C. The van der Waals surface area contributed by atoms with Crippen LogP contribution in [0, 0.1) is 12.8 Å². The van der Waals surface area contributed by atoms with Crippen molar-refractivity contribution in [3.05, 3.63) is 51.8 Å². The van der Waals surface area contributed by atoms with Crippen LogP contribution >= 0.6 is 0 Å². The normalized spacial score (nSPS) is 17.2. The highest BCUT2D eigenvalue weighted by Gasteiger charge is 2.33. The van der Waals surface area contributed by atoms with Gasteiger partial charge in [0.2, 0.25) is 14.9 Å². The zero-order chi connectivity index (χ0) is 22.3. The quantitative estimate of drug-likeness (QED) is 0.580. The number of hydrogen-bond acceptors (Lipinski definition) is 5. The number of benzene rings is 1. The number of aryl methyl sites for hydroxylation is 2. The van der Waals surface area contributed by atoms with Gasteiger partial charge in [-0.15, -0.1) is 0 Å². The van der Waals surface area contributed by atoms with Gasteiger partial charge in [0, 0.05) is 24.6 Å². The van der Waals surface area contributed by atoms with Crippen molar-refractivity contribution in [3.63, 3.8) is 0 Å². The highest BCUT2D eigenvalue weighted by atomic mass is 32.2. The predicted molar refractivity (Wildman–Crippen MR) is 121 cm³/mol. The molecule has 1 heterocycles. The molecule has 31 heavy (non-hydrogen) atoms. The second-order valence-electron chi connectivity index (χ2n) is 9.61. The molecule has 6 heteroatoms. The minimum Gasteiger partial charge on any atom is -0.450 e. The maximum Gasteiger partial charge on any atom is 0.218 e. The van der Waals surface area contributed by atoms with Gasteiger partial charge in [-0.2, -0.15) is 0 Å². The Labute approximate surface area is 185 Å². The highest BCUT2D eigenvalue weighted by Crippen LogP contribution is 2.44. The van der Waals surface area contributed by atoms with Crippen LogP contribution in [0.3, 0.4) is 0 Å². The lowest BCUT2D eigenvalue weighted by Crippen LogP contribution is -2.20. The van der Waals surface area contributed by atoms with Gasteiger partial charge in [0.05, 0.1) is 0 Å². The molecule has 0 aliphatic heterocycles. The second kappa shape index (κ2) is 8.55. The fourth-order valence-electron chi connectivity index (χ4n) is 4.92. The van der Waals surface area contributed by atoms with Crippen LogP contribution in [0.25, 0.3) is 0 Å². The predicted octanol–water partition coefficient (Wildman–Crippen LogP) is 4.24. The molecule has 0 amide bonds. The van der Waals surface area contributed by atoms with Gasteiger partial charge in [0.1, 0.15) is 11.5 Å². The summed E-state index contributed by atoms with van der Waals surface area (Å²) in [6.07, 6.45) is 5.82. The summed E-state index contributed by atoms with van der Waals surface area (Å²) < 4.78 is 31.4. The standard InChI is InChI=1S/C25H33NO4S/c1-16(18-8-9-18)22-11-10-19-6-5-7-23(19)24(22)13-21(27)15-31(28,29)25-12-20(14-26(3)4)17(2)30-25/h10-12,16,18H,5-9,13-15H2,1-4H3. The first-order valence-electron chi connectivity index (χ1n) is 11.3. The summed E-state index contributed by atoms with van der Waals surface area (Å²) in [4.78, 5) is 15.0. The van der Waals surface area contributed by atoms with E-state index in [1.165, 1.54) is 29.5 Å². The van der Waals surface area contributed by atoms with Gasteiger partial charge in [-0.25, -0.2) is 8.42 Å². The van der Waals surface area contributed by atoms with Crippen LogP contribution in [-0.4, -0.2) is 38.9 Å². The molecule has 1 atom stereocenters. The average Bonchev–Trinajstić information content (AvgIpc) is 3.31. The lowest BCUT2D eigenvalue weighted by atomic mass is 9.86. The lowest BCUT2D eigenvalue weighted by molar-refractivity contribution is -0.116. The number of hydrogen-bond donors (Lipinski definition) is 0. The fraction of sp³-hybridized carbons (Fsp3) is 0.560. The van der Waals surface area contributed by atoms with E-state index < -0.39 is 15.6 Å². The Hall–Kier alpha value is -1.92. The average molecular weight is 444 g/mol. The number of carbonyl (C=O) groups excluding carboxylic acids is 1. The maximum atomic E-state index is 13.0. The molecule has 0 spiro atoms. The summed E-state index contributed by atoms with van der Waals surface area (Å²) in [6.45, 7) is 4.60. The van der Waals surface area contributed by atoms with Gasteiger partial charge in [0.15, 0.2) is 5.78 Å². The van der Waals surface area contributed by atoms with E-state index in [0.717, 1.165) is 30.4 Å². The number of sulfone groups is 1. The van der Waals surface area contributed by atoms with Gasteiger partial charge in [0.25, 0.3) is 0 Å². The minimum absolute atomic E-state index is 0.0972. The first-order chi connectivity index (χ1) is 14.7. The Balaban J connectivity index is 1.56. The van der Waals surface area contributed by atoms with Crippen LogP contribution in [0.2, 0.25) is 0 Å². The second-order valence-corrected chi connectivity index (χ2v) is 11.5. The first-order valence-corrected chi connectivity index (χ1v) is 12.9. The third-order valence-electron chi connectivity index (χ3n) is 6.77. The topological polar surface area (TPSA) is 67.6 Å². The molecule has 1 fully saturated rings. The summed E-state index contributed by atoms with van der Waals surface area (Å²) >= 11 is 0. The smallest absolute Gasteiger partial charge is 0.218 e. The van der Waals surface area contributed by atoms with Crippen molar-refractivity contribution in [1.29, 1.82) is 0 Å². The van der Waals surface area contributed by atoms with E-state index in [0.29, 0.717) is 24.1 Å². The van der Waals surface area contributed by atoms with Crippen LogP contribution in [0.4, 0.5) is 0 Å². The number of fused-ring (bicyclic) bond motifs is 1. The molecule has 5 nitrogen and oxygen atoms in total. The van der Waals surface area contributed by atoms with E-state index in [1.54, 1.807) is 13.0 Å². The van der Waals surface area contributed by atoms with E-state index in [-0.39, 0.29) is 17.3 Å². The van der Waals surface area contributed by atoms with Crippen LogP contribution in [0.5, 0.6) is 0 Å². The molecule has 0 N–H and O–H groups in total. The number of carbonyl (C=O) groups is 1. The third kappa shape index (κ3) is 4.80. The van der Waals surface area contributed by atoms with Crippen molar-refractivity contribution in [2.24, 2.45) is 5.92 Å². The van der Waals surface area contributed by atoms with Crippen LogP contribution in [-0.2, 0) is 40.4 Å². The minimum atomic E-state index is -3.80. The number of ketones is 1. The molecule has 168 valence electrons. The van der Waals surface area contributed by atoms with E-state index in [1.807, 2.05) is 19.0 Å². The van der Waals surface area contributed by atoms with Crippen molar-refractivity contribution in [2.75, 3.05) is 19.8 Å². The lowest BCUT2D eigenvalue weighted by Gasteiger charge is -2.19. The Morgan fingerprint density at radius 2 is 1.97 bits per heavy atom. The van der Waals surface area contributed by atoms with Crippen molar-refractivity contribution in [1.82, 2.24) is 4.90 Å². The van der Waals surface area contributed by atoms with Crippen molar-refractivity contribution < 1.29 is 17.6 Å². The molecule has 2 aromatic rings. The summed E-state index contributed by atoms with van der Waals surface area (Å²) in [5, 5.41) is -0.0972. The van der Waals surface area contributed by atoms with Gasteiger partial charge in [-0.1, -0.05) is 19.1 Å². The Bertz CT molecular complexity index is 1090. The highest BCUT2D eigenvalue weighted by molar-refractivity contribution is 7.92. The van der Waals surface area contributed by atoms with Gasteiger partial charge in [-0.05, 0) is 87.2 Å². The third-order valence-corrected chi connectivity index (χ3v) is 8.29. The number of nitrogens with zero attached hydrogens (tertiary/aromatic N) is 1. The molecule has 1 aromatic carbocycles. The van der Waals surface area contributed by atoms with E-state index in [2.05, 4.69) is 19.1 Å². The maximum absolute atomic E-state index is 13.0. The fourth-order valence-corrected chi connectivity index (χ4v) is 6.16. The van der Waals surface area contributed by atoms with E-state index >= 15 is 0 Å². The molecule has 1 saturated carbocycles. The molecule has 2 aliphatic rings. The summed E-state index contributed by atoms with van der Waals surface area (Å²) in [7, 11) is 0.0357. The summed E-state index contributed by atoms with van der Waals surface area (Å²) in [5.74, 6) is 0.932. The van der Waals surface area contributed by atoms with E-state index in [4.69, 9.17) is 4.42 Å². The van der Waals surface area contributed by atoms with E-state index in [9.17, 15) is 13.2 Å². The monoisotopic (exact) mass is 443 g/mol. The largest absolute Gasteiger partial charge is 0.450 e. The van der Waals surface area contributed by atoms with Gasteiger partial charge < -0.3 is 9.32 Å². The Morgan fingerprint density at radius 3 is 2.65 bits per heavy atom. The molecule has 0 radical (unpaired) electrons. The first kappa shape index (κ1) is 22.3. The van der Waals surface area contributed by atoms with Crippen molar-refractivity contribution >= 4 is 15.6 Å². The molecule has 0 saturated heterocycles. The zero-order valence-corrected chi connectivity index (χ0v) is 19.8. The van der Waals surface area contributed by atoms with Crippen LogP contribution in [0.1, 0.15) is 65.7 Å². The summed E-state index contributed by atoms with van der Waals surface area (Å²) in [6, 6.07) is 5.98. The molecule has 2 aliphatic carbocycles. The molecule has 4 rings (SSSR count). The molecular formula is C25H33NO4S. The van der Waals surface area contributed by atoms with Gasteiger partial charge in [-0.3, -0.25) is 4.79 Å². The molecular weight excluding hydrogens is 410 g/mol. The number of Topliss-reactive ketones (excluding diaryl/α,β-unsaturated/α-hetero) is 1. The molecule has 0 bridgehead atoms. The summed E-state index contributed by atoms with van der Waals surface area (Å²) in [5.41, 5.74) is 5.79. The molecule has 1 aromatic heterocycles.